The van der Waals surface area contributed by atoms with Crippen LogP contribution in [0.25, 0.3) is 0 Å². The van der Waals surface area contributed by atoms with Crippen LogP contribution in [0.1, 0.15) is 36.1 Å². The van der Waals surface area contributed by atoms with Gasteiger partial charge in [0, 0.05) is 30.9 Å². The van der Waals surface area contributed by atoms with Crippen LogP contribution >= 0.6 is 11.8 Å². The average molecular weight is 369 g/mol. The van der Waals surface area contributed by atoms with Gasteiger partial charge in [-0.1, -0.05) is 60.2 Å². The van der Waals surface area contributed by atoms with Crippen molar-refractivity contribution in [3.05, 3.63) is 71.3 Å². The number of hydrogen-bond donors (Lipinski definition) is 1. The molecule has 3 rings (SSSR count). The van der Waals surface area contributed by atoms with Crippen LogP contribution in [0.2, 0.25) is 0 Å². The minimum absolute atomic E-state index is 0.155. The van der Waals surface area contributed by atoms with Gasteiger partial charge in [0.2, 0.25) is 5.91 Å². The first-order valence-corrected chi connectivity index (χ1v) is 10.5. The lowest BCUT2D eigenvalue weighted by molar-refractivity contribution is -0.119. The summed E-state index contributed by atoms with van der Waals surface area (Å²) < 4.78 is 0. The van der Waals surface area contributed by atoms with Crippen LogP contribution in [0, 0.1) is 6.92 Å². The van der Waals surface area contributed by atoms with E-state index < -0.39 is 0 Å². The van der Waals surface area contributed by atoms with E-state index in [0.29, 0.717) is 11.8 Å². The maximum atomic E-state index is 12.3. The molecule has 0 bridgehead atoms. The summed E-state index contributed by atoms with van der Waals surface area (Å²) in [6.45, 7) is 6.32. The van der Waals surface area contributed by atoms with E-state index in [1.54, 1.807) is 11.8 Å². The predicted molar refractivity (Wildman–Crippen MR) is 110 cm³/mol. The summed E-state index contributed by atoms with van der Waals surface area (Å²) in [6, 6.07) is 19.7. The Morgan fingerprint density at radius 3 is 2.81 bits per heavy atom. The lowest BCUT2D eigenvalue weighted by atomic mass is 10.1. The van der Waals surface area contributed by atoms with Gasteiger partial charge < -0.3 is 5.32 Å². The molecule has 1 aliphatic rings. The fraction of sp³-hybridized carbons (Fsp3) is 0.409. The number of amides is 1. The second kappa shape index (κ2) is 9.24. The molecule has 1 aliphatic heterocycles. The zero-order chi connectivity index (χ0) is 18.4. The molecule has 138 valence electrons. The van der Waals surface area contributed by atoms with Gasteiger partial charge in [0.25, 0.3) is 0 Å². The summed E-state index contributed by atoms with van der Waals surface area (Å²) in [7, 11) is 0. The number of thioether (sulfide) groups is 1. The molecule has 0 aromatic heterocycles. The number of nitrogens with one attached hydrogen (secondary N) is 1. The second-order valence-electron chi connectivity index (χ2n) is 7.12. The third-order valence-corrected chi connectivity index (χ3v) is 6.00. The zero-order valence-corrected chi connectivity index (χ0v) is 16.5. The highest BCUT2D eigenvalue weighted by molar-refractivity contribution is 7.99. The molecule has 0 spiro atoms. The Kier molecular flexibility index (Phi) is 6.75. The molecule has 1 amide bonds. The van der Waals surface area contributed by atoms with E-state index in [0.717, 1.165) is 25.3 Å². The molecule has 0 aliphatic carbocycles. The van der Waals surface area contributed by atoms with Gasteiger partial charge in [-0.05, 0) is 31.4 Å². The minimum Gasteiger partial charge on any atom is -0.351 e. The van der Waals surface area contributed by atoms with Crippen molar-refractivity contribution in [3.63, 3.8) is 0 Å². The Hall–Kier alpha value is -1.78. The first-order chi connectivity index (χ1) is 12.6. The standard InChI is InChI=1S/C22H28N2OS/c1-17-7-6-8-19(13-17)15-26-16-22(25)23-21-11-12-24(14-21)18(2)20-9-4-3-5-10-20/h3-10,13,18,21H,11-12,14-16H2,1-2H3,(H,23,25). The zero-order valence-electron chi connectivity index (χ0n) is 15.7. The van der Waals surface area contributed by atoms with E-state index in [2.05, 4.69) is 78.7 Å². The largest absolute Gasteiger partial charge is 0.351 e. The van der Waals surface area contributed by atoms with E-state index in [-0.39, 0.29) is 11.9 Å². The Balaban J connectivity index is 1.40. The van der Waals surface area contributed by atoms with Crippen molar-refractivity contribution < 1.29 is 4.79 Å². The van der Waals surface area contributed by atoms with Crippen LogP contribution in [-0.4, -0.2) is 35.7 Å². The molecule has 0 radical (unpaired) electrons. The van der Waals surface area contributed by atoms with Crippen LogP contribution < -0.4 is 5.32 Å². The maximum absolute atomic E-state index is 12.3. The lowest BCUT2D eigenvalue weighted by Crippen LogP contribution is -2.38. The van der Waals surface area contributed by atoms with E-state index >= 15 is 0 Å². The lowest BCUT2D eigenvalue weighted by Gasteiger charge is -2.24. The van der Waals surface area contributed by atoms with Crippen LogP contribution in [0.4, 0.5) is 0 Å². The topological polar surface area (TPSA) is 32.3 Å². The van der Waals surface area contributed by atoms with Crippen molar-refractivity contribution in [2.24, 2.45) is 0 Å². The van der Waals surface area contributed by atoms with E-state index in [1.165, 1.54) is 16.7 Å². The highest BCUT2D eigenvalue weighted by Crippen LogP contribution is 2.24. The summed E-state index contributed by atoms with van der Waals surface area (Å²) >= 11 is 1.68. The van der Waals surface area contributed by atoms with Gasteiger partial charge in [-0.15, -0.1) is 11.8 Å². The van der Waals surface area contributed by atoms with Gasteiger partial charge in [-0.3, -0.25) is 9.69 Å². The van der Waals surface area contributed by atoms with Gasteiger partial charge in [0.15, 0.2) is 0 Å². The summed E-state index contributed by atoms with van der Waals surface area (Å²) in [5, 5.41) is 3.21. The van der Waals surface area contributed by atoms with Crippen molar-refractivity contribution in [2.45, 2.75) is 38.1 Å². The number of likely N-dealkylation sites (tertiary alicyclic amines) is 1. The molecule has 2 aromatic carbocycles. The normalized spacial score (nSPS) is 18.6. The molecule has 3 nitrogen and oxygen atoms in total. The number of carbonyl (C=O) groups excluding carboxylic acids is 1. The molecule has 4 heteroatoms. The molecule has 1 saturated heterocycles. The molecule has 2 atom stereocenters. The van der Waals surface area contributed by atoms with Crippen LogP contribution in [-0.2, 0) is 10.5 Å². The van der Waals surface area contributed by atoms with Crippen molar-refractivity contribution in [3.8, 4) is 0 Å². The Morgan fingerprint density at radius 1 is 1.23 bits per heavy atom. The highest BCUT2D eigenvalue weighted by Gasteiger charge is 2.27. The van der Waals surface area contributed by atoms with Crippen molar-refractivity contribution in [2.75, 3.05) is 18.8 Å². The van der Waals surface area contributed by atoms with Crippen LogP contribution in [0.15, 0.2) is 54.6 Å². The predicted octanol–water partition coefficient (Wildman–Crippen LogP) is 4.18. The van der Waals surface area contributed by atoms with Crippen molar-refractivity contribution >= 4 is 17.7 Å². The van der Waals surface area contributed by atoms with Gasteiger partial charge in [0.1, 0.15) is 0 Å². The SMILES string of the molecule is Cc1cccc(CSCC(=O)NC2CCN(C(C)c3ccccc3)C2)c1. The second-order valence-corrected chi connectivity index (χ2v) is 8.10. The minimum atomic E-state index is 0.155. The molecule has 2 unspecified atom stereocenters. The molecular formula is C22H28N2OS. The van der Waals surface area contributed by atoms with E-state index in [9.17, 15) is 4.79 Å². The Labute approximate surface area is 161 Å². The summed E-state index contributed by atoms with van der Waals surface area (Å²) in [6.07, 6.45) is 1.03. The number of aryl methyl sites for hydroxylation is 1. The smallest absolute Gasteiger partial charge is 0.230 e. The summed E-state index contributed by atoms with van der Waals surface area (Å²) in [4.78, 5) is 14.7. The van der Waals surface area contributed by atoms with E-state index in [1.807, 2.05) is 0 Å². The van der Waals surface area contributed by atoms with E-state index in [4.69, 9.17) is 0 Å². The summed E-state index contributed by atoms with van der Waals surface area (Å²) in [5.74, 6) is 1.57. The molecule has 0 saturated carbocycles. The molecule has 2 aromatic rings. The van der Waals surface area contributed by atoms with Gasteiger partial charge in [0.05, 0.1) is 5.75 Å². The number of rotatable bonds is 7. The fourth-order valence-corrected chi connectivity index (χ4v) is 4.32. The van der Waals surface area contributed by atoms with Gasteiger partial charge >= 0.3 is 0 Å². The van der Waals surface area contributed by atoms with Gasteiger partial charge in [-0.2, -0.15) is 0 Å². The number of carbonyl (C=O) groups is 1. The number of nitrogens with zero attached hydrogens (tertiary/aromatic N) is 1. The molecule has 1 fully saturated rings. The molecule has 26 heavy (non-hydrogen) atoms. The third-order valence-electron chi connectivity index (χ3n) is 5.00. The molecule has 1 N–H and O–H groups in total. The Morgan fingerprint density at radius 2 is 2.04 bits per heavy atom. The van der Waals surface area contributed by atoms with Crippen LogP contribution in [0.3, 0.4) is 0 Å². The average Bonchev–Trinajstić information content (AvgIpc) is 3.10. The Bertz CT molecular complexity index is 719. The van der Waals surface area contributed by atoms with Gasteiger partial charge in [-0.25, -0.2) is 0 Å². The number of hydrogen-bond acceptors (Lipinski definition) is 3. The number of benzene rings is 2. The third kappa shape index (κ3) is 5.36. The highest BCUT2D eigenvalue weighted by atomic mass is 32.2. The molecule has 1 heterocycles. The molecular weight excluding hydrogens is 340 g/mol. The van der Waals surface area contributed by atoms with Crippen LogP contribution in [0.5, 0.6) is 0 Å². The quantitative estimate of drug-likeness (QED) is 0.796. The monoisotopic (exact) mass is 368 g/mol. The van der Waals surface area contributed by atoms with Crippen molar-refractivity contribution in [1.29, 1.82) is 0 Å². The van der Waals surface area contributed by atoms with Crippen molar-refractivity contribution in [1.82, 2.24) is 10.2 Å². The fourth-order valence-electron chi connectivity index (χ4n) is 3.53. The first kappa shape index (κ1) is 19.0. The maximum Gasteiger partial charge on any atom is 0.230 e. The first-order valence-electron chi connectivity index (χ1n) is 9.33. The summed E-state index contributed by atoms with van der Waals surface area (Å²) in [5.41, 5.74) is 3.89.